The maximum Gasteiger partial charge on any atom is 0.237 e. The molecule has 2 atom stereocenters. The van der Waals surface area contributed by atoms with Crippen molar-refractivity contribution < 1.29 is 20.0 Å². The highest BCUT2D eigenvalue weighted by Crippen LogP contribution is 2.37. The summed E-state index contributed by atoms with van der Waals surface area (Å²) in [5, 5.41) is 6.33. The number of hydrogen-bond acceptors (Lipinski definition) is 7. The summed E-state index contributed by atoms with van der Waals surface area (Å²) in [7, 11) is 1.49. The zero-order valence-corrected chi connectivity index (χ0v) is 19.3. The molecule has 0 saturated carbocycles. The molecule has 0 radical (unpaired) electrons. The standard InChI is InChI=1S/C24H25ClFN5O3/c1-4-8-27-24(32)19-9-14(12-31(19)2)34-21-10-15-18(11-20(21)33-3)28-13-29-23(15)30-17-7-5-6-16(25)22(17)26/h4-7,10-11,13-14,19H,1,8-9,12H2,2-3H3,(H,27,32)(H,28,29,30)/t14-,19-/m0/s1/i2D. The molecular weight excluding hydrogens is 461 g/mol. The van der Waals surface area contributed by atoms with Crippen molar-refractivity contribution in [3.05, 3.63) is 60.2 Å². The second kappa shape index (κ2) is 10.2. The van der Waals surface area contributed by atoms with Gasteiger partial charge in [-0.25, -0.2) is 14.4 Å². The quantitative estimate of drug-likeness (QED) is 0.466. The number of ether oxygens (including phenoxy) is 2. The first kappa shape index (κ1) is 22.4. The molecule has 0 bridgehead atoms. The maximum atomic E-state index is 14.5. The van der Waals surface area contributed by atoms with Gasteiger partial charge in [0.05, 0.1) is 29.4 Å². The maximum absolute atomic E-state index is 14.5. The molecule has 2 aromatic carbocycles. The third kappa shape index (κ3) is 4.90. The summed E-state index contributed by atoms with van der Waals surface area (Å²) in [6.07, 6.45) is 3.03. The fraction of sp³-hybridized carbons (Fsp3) is 0.292. The van der Waals surface area contributed by atoms with Crippen molar-refractivity contribution in [1.29, 1.82) is 0 Å². The fourth-order valence-corrected chi connectivity index (χ4v) is 4.01. The first-order valence-corrected chi connectivity index (χ1v) is 10.9. The van der Waals surface area contributed by atoms with Gasteiger partial charge in [0, 0.05) is 32.3 Å². The van der Waals surface area contributed by atoms with E-state index in [0.29, 0.717) is 47.7 Å². The van der Waals surface area contributed by atoms with Gasteiger partial charge in [0.25, 0.3) is 0 Å². The Morgan fingerprint density at radius 3 is 3.03 bits per heavy atom. The van der Waals surface area contributed by atoms with E-state index in [4.69, 9.17) is 22.4 Å². The number of aromatic nitrogens is 2. The van der Waals surface area contributed by atoms with E-state index < -0.39 is 11.9 Å². The first-order valence-electron chi connectivity index (χ1n) is 11.3. The van der Waals surface area contributed by atoms with E-state index in [1.165, 1.54) is 19.5 Å². The van der Waals surface area contributed by atoms with E-state index in [1.807, 2.05) is 0 Å². The molecule has 2 N–H and O–H groups in total. The van der Waals surface area contributed by atoms with Crippen LogP contribution in [-0.4, -0.2) is 60.1 Å². The van der Waals surface area contributed by atoms with Crippen molar-refractivity contribution in [2.75, 3.05) is 32.5 Å². The molecule has 1 fully saturated rings. The number of likely N-dealkylation sites (N-methyl/N-ethyl adjacent to an activating group) is 1. The number of nitrogens with one attached hydrogen (secondary N) is 2. The number of carbonyl (C=O) groups excluding carboxylic acids is 1. The topological polar surface area (TPSA) is 88.6 Å². The minimum Gasteiger partial charge on any atom is -0.493 e. The fourth-order valence-electron chi connectivity index (χ4n) is 3.83. The predicted octanol–water partition coefficient (Wildman–Crippen LogP) is 3.93. The van der Waals surface area contributed by atoms with Gasteiger partial charge in [0.15, 0.2) is 17.3 Å². The van der Waals surface area contributed by atoms with Crippen LogP contribution in [0.5, 0.6) is 11.5 Å². The highest BCUT2D eigenvalue weighted by molar-refractivity contribution is 6.31. The number of fused-ring (bicyclic) bond motifs is 1. The van der Waals surface area contributed by atoms with E-state index in [1.54, 1.807) is 35.2 Å². The Morgan fingerprint density at radius 1 is 1.41 bits per heavy atom. The van der Waals surface area contributed by atoms with Gasteiger partial charge in [-0.15, -0.1) is 6.58 Å². The molecule has 1 aliphatic heterocycles. The SMILES string of the molecule is [2H]CN1C[C@@H](Oc2cc3c(Nc4cccc(Cl)c4F)ncnc3cc2OC)C[C@H]1C(=O)NCC=C. The molecule has 3 aromatic rings. The van der Waals surface area contributed by atoms with Crippen LogP contribution in [0, 0.1) is 5.82 Å². The van der Waals surface area contributed by atoms with Crippen LogP contribution in [-0.2, 0) is 4.79 Å². The number of nitrogens with zero attached hydrogens (tertiary/aromatic N) is 3. The highest BCUT2D eigenvalue weighted by atomic mass is 35.5. The molecule has 1 saturated heterocycles. The first-order chi connectivity index (χ1) is 16.9. The summed E-state index contributed by atoms with van der Waals surface area (Å²) in [5.41, 5.74) is 0.737. The molecule has 178 valence electrons. The highest BCUT2D eigenvalue weighted by Gasteiger charge is 2.36. The Balaban J connectivity index is 1.62. The summed E-state index contributed by atoms with van der Waals surface area (Å²) in [4.78, 5) is 22.8. The van der Waals surface area contributed by atoms with Gasteiger partial charge in [-0.2, -0.15) is 0 Å². The van der Waals surface area contributed by atoms with Gasteiger partial charge in [-0.05, 0) is 25.2 Å². The van der Waals surface area contributed by atoms with Gasteiger partial charge in [0.1, 0.15) is 18.2 Å². The second-order valence-electron chi connectivity index (χ2n) is 7.77. The number of rotatable bonds is 8. The number of hydrogen-bond donors (Lipinski definition) is 2. The normalized spacial score (nSPS) is 18.4. The van der Waals surface area contributed by atoms with Gasteiger partial charge < -0.3 is 20.1 Å². The lowest BCUT2D eigenvalue weighted by Gasteiger charge is -2.17. The molecule has 0 spiro atoms. The molecule has 8 nitrogen and oxygen atoms in total. The molecule has 4 rings (SSSR count). The molecule has 1 aromatic heterocycles. The number of likely N-dealkylation sites (tertiary alicyclic amines) is 1. The average molecular weight is 487 g/mol. The third-order valence-electron chi connectivity index (χ3n) is 5.51. The second-order valence-corrected chi connectivity index (χ2v) is 8.17. The Bertz CT molecular complexity index is 1250. The summed E-state index contributed by atoms with van der Waals surface area (Å²) in [5.74, 6) is 0.481. The molecule has 0 aliphatic carbocycles. The monoisotopic (exact) mass is 486 g/mol. The molecule has 10 heteroatoms. The van der Waals surface area contributed by atoms with Gasteiger partial charge >= 0.3 is 0 Å². The van der Waals surface area contributed by atoms with Gasteiger partial charge in [-0.3, -0.25) is 9.69 Å². The Kier molecular flexibility index (Phi) is 6.73. The number of amides is 1. The minimum absolute atomic E-state index is 0.00841. The van der Waals surface area contributed by atoms with Crippen LogP contribution in [0.1, 0.15) is 7.79 Å². The van der Waals surface area contributed by atoms with Crippen molar-refractivity contribution in [3.8, 4) is 11.5 Å². The molecule has 0 unspecified atom stereocenters. The summed E-state index contributed by atoms with van der Waals surface area (Å²) in [6, 6.07) is 7.60. The lowest BCUT2D eigenvalue weighted by Crippen LogP contribution is -2.41. The van der Waals surface area contributed by atoms with Crippen LogP contribution in [0.25, 0.3) is 10.9 Å². The van der Waals surface area contributed by atoms with Gasteiger partial charge in [-0.1, -0.05) is 23.7 Å². The average Bonchev–Trinajstić information content (AvgIpc) is 3.28. The summed E-state index contributed by atoms with van der Waals surface area (Å²) < 4.78 is 34.0. The van der Waals surface area contributed by atoms with Crippen molar-refractivity contribution in [2.45, 2.75) is 18.6 Å². The zero-order valence-electron chi connectivity index (χ0n) is 19.6. The number of methoxy groups -OCH3 is 1. The van der Waals surface area contributed by atoms with Crippen LogP contribution in [0.3, 0.4) is 0 Å². The van der Waals surface area contributed by atoms with E-state index in [9.17, 15) is 9.18 Å². The predicted molar refractivity (Wildman–Crippen MR) is 129 cm³/mol. The Hall–Kier alpha value is -3.43. The van der Waals surface area contributed by atoms with E-state index >= 15 is 0 Å². The van der Waals surface area contributed by atoms with E-state index in [2.05, 4.69) is 27.2 Å². The van der Waals surface area contributed by atoms with Crippen LogP contribution in [0.2, 0.25) is 5.02 Å². The summed E-state index contributed by atoms with van der Waals surface area (Å²) in [6.45, 7) is 4.37. The lowest BCUT2D eigenvalue weighted by molar-refractivity contribution is -0.124. The molecular formula is C24H25ClFN5O3. The van der Waals surface area contributed by atoms with Crippen LogP contribution < -0.4 is 20.1 Å². The molecule has 34 heavy (non-hydrogen) atoms. The molecule has 1 aliphatic rings. The van der Waals surface area contributed by atoms with Crippen LogP contribution in [0.4, 0.5) is 15.9 Å². The third-order valence-corrected chi connectivity index (χ3v) is 5.80. The van der Waals surface area contributed by atoms with E-state index in [0.717, 1.165) is 0 Å². The summed E-state index contributed by atoms with van der Waals surface area (Å²) >= 11 is 5.91. The smallest absolute Gasteiger partial charge is 0.237 e. The molecule has 2 heterocycles. The van der Waals surface area contributed by atoms with E-state index in [-0.39, 0.29) is 29.7 Å². The van der Waals surface area contributed by atoms with Crippen molar-refractivity contribution in [3.63, 3.8) is 0 Å². The number of anilines is 2. The van der Waals surface area contributed by atoms with Crippen molar-refractivity contribution in [2.24, 2.45) is 0 Å². The van der Waals surface area contributed by atoms with Gasteiger partial charge in [0.2, 0.25) is 5.91 Å². The lowest BCUT2D eigenvalue weighted by atomic mass is 10.1. The number of benzene rings is 2. The number of halogens is 2. The number of carbonyl (C=O) groups is 1. The van der Waals surface area contributed by atoms with Crippen LogP contribution in [0.15, 0.2) is 49.3 Å². The van der Waals surface area contributed by atoms with Crippen molar-refractivity contribution in [1.82, 2.24) is 20.2 Å². The Morgan fingerprint density at radius 2 is 2.26 bits per heavy atom. The molecule has 1 amide bonds. The minimum atomic E-state index is -0.590. The Labute approximate surface area is 203 Å². The largest absolute Gasteiger partial charge is 0.493 e. The zero-order chi connectivity index (χ0) is 24.9. The van der Waals surface area contributed by atoms with Crippen LogP contribution >= 0.6 is 11.6 Å². The van der Waals surface area contributed by atoms with Crippen molar-refractivity contribution >= 4 is 39.9 Å².